The van der Waals surface area contributed by atoms with E-state index >= 15 is 0 Å². The summed E-state index contributed by atoms with van der Waals surface area (Å²) in [6.45, 7) is 0.884. The topological polar surface area (TPSA) is 98.0 Å². The zero-order chi connectivity index (χ0) is 28.7. The van der Waals surface area contributed by atoms with Gasteiger partial charge in [-0.2, -0.15) is 18.4 Å². The number of halogens is 4. The Hall–Kier alpha value is -3.72. The first-order valence-corrected chi connectivity index (χ1v) is 13.3. The molecule has 2 aromatic rings. The highest BCUT2D eigenvalue weighted by molar-refractivity contribution is 5.77. The third kappa shape index (κ3) is 7.27. The minimum atomic E-state index is -4.62. The summed E-state index contributed by atoms with van der Waals surface area (Å²) < 4.78 is 59.2. The number of ether oxygens (including phenoxy) is 1. The summed E-state index contributed by atoms with van der Waals surface area (Å²) >= 11 is 0. The molecule has 1 heterocycles. The molecule has 1 saturated heterocycles. The first-order valence-electron chi connectivity index (χ1n) is 13.3. The largest absolute Gasteiger partial charge is 0.417 e. The Bertz CT molecular complexity index is 1240. The lowest BCUT2D eigenvalue weighted by Crippen LogP contribution is -2.39. The van der Waals surface area contributed by atoms with Gasteiger partial charge in [-0.25, -0.2) is 4.39 Å². The second-order valence-electron chi connectivity index (χ2n) is 10.1. The van der Waals surface area contributed by atoms with E-state index in [1.807, 2.05) is 0 Å². The average Bonchev–Trinajstić information content (AvgIpc) is 3.22. The van der Waals surface area contributed by atoms with Gasteiger partial charge in [0.25, 0.3) is 0 Å². The second-order valence-corrected chi connectivity index (χ2v) is 10.1. The summed E-state index contributed by atoms with van der Waals surface area (Å²) in [6.07, 6.45) is -0.973. The SMILES string of the molecule is N#Cc1ccc(N2CCCN(C(=O)COC3CCC(Nc4ccc(N=O)c(CF)c4)CC3)CC2)cc1C(F)(F)F. The van der Waals surface area contributed by atoms with Gasteiger partial charge in [0.2, 0.25) is 5.91 Å². The zero-order valence-corrected chi connectivity index (χ0v) is 21.9. The van der Waals surface area contributed by atoms with Gasteiger partial charge < -0.3 is 19.9 Å². The Morgan fingerprint density at radius 1 is 1.07 bits per heavy atom. The number of hydrogen-bond acceptors (Lipinski definition) is 7. The van der Waals surface area contributed by atoms with Crippen LogP contribution < -0.4 is 10.2 Å². The molecule has 2 fully saturated rings. The normalized spacial score (nSPS) is 20.0. The first-order chi connectivity index (χ1) is 19.2. The number of alkyl halides is 4. The summed E-state index contributed by atoms with van der Waals surface area (Å²) in [5.41, 5.74) is 0.0686. The van der Waals surface area contributed by atoms with Crippen LogP contribution in [-0.2, 0) is 22.4 Å². The fraction of sp³-hybridized carbons (Fsp3) is 0.500. The van der Waals surface area contributed by atoms with Crippen LogP contribution in [0.4, 0.5) is 34.6 Å². The van der Waals surface area contributed by atoms with Crippen molar-refractivity contribution < 1.29 is 27.1 Å². The van der Waals surface area contributed by atoms with Gasteiger partial charge in [0.05, 0.1) is 23.3 Å². The van der Waals surface area contributed by atoms with Crippen LogP contribution in [0.15, 0.2) is 41.6 Å². The minimum Gasteiger partial charge on any atom is -0.382 e. The van der Waals surface area contributed by atoms with Gasteiger partial charge in [0, 0.05) is 49.2 Å². The molecule has 2 aromatic carbocycles. The van der Waals surface area contributed by atoms with Crippen molar-refractivity contribution in [2.45, 2.75) is 57.1 Å². The van der Waals surface area contributed by atoms with Crippen molar-refractivity contribution in [1.29, 1.82) is 5.26 Å². The maximum Gasteiger partial charge on any atom is 0.417 e. The maximum absolute atomic E-state index is 13.4. The van der Waals surface area contributed by atoms with Gasteiger partial charge in [-0.1, -0.05) is 0 Å². The Morgan fingerprint density at radius 2 is 1.85 bits per heavy atom. The Balaban J connectivity index is 1.23. The van der Waals surface area contributed by atoms with Crippen LogP contribution in [0.2, 0.25) is 0 Å². The third-order valence-electron chi connectivity index (χ3n) is 7.45. The molecule has 40 heavy (non-hydrogen) atoms. The predicted octanol–water partition coefficient (Wildman–Crippen LogP) is 5.92. The number of hydrogen-bond donors (Lipinski definition) is 1. The molecule has 8 nitrogen and oxygen atoms in total. The summed E-state index contributed by atoms with van der Waals surface area (Å²) in [7, 11) is 0. The summed E-state index contributed by atoms with van der Waals surface area (Å²) in [5, 5.41) is 15.2. The van der Waals surface area contributed by atoms with E-state index in [0.717, 1.165) is 37.4 Å². The van der Waals surface area contributed by atoms with Crippen LogP contribution in [0.5, 0.6) is 0 Å². The van der Waals surface area contributed by atoms with E-state index in [-0.39, 0.29) is 35.9 Å². The number of nitrogens with one attached hydrogen (secondary N) is 1. The molecule has 12 heteroatoms. The Kier molecular flexibility index (Phi) is 9.58. The molecule has 0 atom stereocenters. The van der Waals surface area contributed by atoms with E-state index in [4.69, 9.17) is 10.00 Å². The molecule has 2 aliphatic rings. The van der Waals surface area contributed by atoms with Crippen molar-refractivity contribution in [2.75, 3.05) is 43.0 Å². The van der Waals surface area contributed by atoms with Crippen molar-refractivity contribution in [3.05, 3.63) is 58.0 Å². The highest BCUT2D eigenvalue weighted by Crippen LogP contribution is 2.35. The molecule has 1 aliphatic heterocycles. The molecule has 214 valence electrons. The van der Waals surface area contributed by atoms with E-state index in [2.05, 4.69) is 10.5 Å². The molecular formula is C28H31F4N5O3. The van der Waals surface area contributed by atoms with E-state index in [1.165, 1.54) is 18.2 Å². The quantitative estimate of drug-likeness (QED) is 0.317. The lowest BCUT2D eigenvalue weighted by Gasteiger charge is -2.30. The Labute approximate surface area is 229 Å². The first kappa shape index (κ1) is 29.3. The van der Waals surface area contributed by atoms with Crippen LogP contribution >= 0.6 is 0 Å². The molecule has 0 spiro atoms. The van der Waals surface area contributed by atoms with Crippen LogP contribution in [0.25, 0.3) is 0 Å². The molecule has 1 saturated carbocycles. The van der Waals surface area contributed by atoms with E-state index in [1.54, 1.807) is 28.0 Å². The minimum absolute atomic E-state index is 0.0577. The van der Waals surface area contributed by atoms with Crippen molar-refractivity contribution in [3.8, 4) is 6.07 Å². The number of carbonyl (C=O) groups is 1. The molecule has 0 bridgehead atoms. The molecule has 0 unspecified atom stereocenters. The number of nitriles is 1. The fourth-order valence-corrected chi connectivity index (χ4v) is 5.25. The monoisotopic (exact) mass is 561 g/mol. The van der Waals surface area contributed by atoms with Gasteiger partial charge in [0.1, 0.15) is 19.0 Å². The molecule has 4 rings (SSSR count). The number of rotatable bonds is 8. The standard InChI is InChI=1S/C28H31F4N5O3/c29-16-20-14-22(5-9-26(20)35-39)34-21-3-7-24(8-4-21)40-18-27(38)37-11-1-10-36(12-13-37)23-6-2-19(17-33)25(15-23)28(30,31)32/h2,5-6,9,14-15,21,24,34H,1,3-4,7-8,10-13,16,18H2. The molecule has 1 amide bonds. The van der Waals surface area contributed by atoms with Crippen LogP contribution in [0.3, 0.4) is 0 Å². The van der Waals surface area contributed by atoms with Gasteiger partial charge in [-0.3, -0.25) is 4.79 Å². The van der Waals surface area contributed by atoms with E-state index in [0.29, 0.717) is 38.3 Å². The predicted molar refractivity (Wildman–Crippen MR) is 142 cm³/mol. The fourth-order valence-electron chi connectivity index (χ4n) is 5.25. The summed E-state index contributed by atoms with van der Waals surface area (Å²) in [5.74, 6) is -0.152. The number of amides is 1. The smallest absolute Gasteiger partial charge is 0.382 e. The highest BCUT2D eigenvalue weighted by Gasteiger charge is 2.34. The van der Waals surface area contributed by atoms with Gasteiger partial charge >= 0.3 is 6.18 Å². The van der Waals surface area contributed by atoms with Gasteiger partial charge in [0.15, 0.2) is 0 Å². The van der Waals surface area contributed by atoms with Gasteiger partial charge in [-0.05, 0) is 73.7 Å². The lowest BCUT2D eigenvalue weighted by molar-refractivity contribution is -0.139. The maximum atomic E-state index is 13.4. The van der Waals surface area contributed by atoms with Crippen LogP contribution in [-0.4, -0.2) is 55.7 Å². The highest BCUT2D eigenvalue weighted by atomic mass is 19.4. The van der Waals surface area contributed by atoms with Crippen LogP contribution in [0, 0.1) is 16.2 Å². The molecule has 1 aliphatic carbocycles. The van der Waals surface area contributed by atoms with Gasteiger partial charge in [-0.15, -0.1) is 4.91 Å². The van der Waals surface area contributed by atoms with E-state index in [9.17, 15) is 27.3 Å². The Morgan fingerprint density at radius 3 is 2.52 bits per heavy atom. The number of nitroso groups, excluding NO2 is 1. The van der Waals surface area contributed by atoms with Crippen molar-refractivity contribution in [2.24, 2.45) is 5.18 Å². The molecular weight excluding hydrogens is 530 g/mol. The van der Waals surface area contributed by atoms with Crippen molar-refractivity contribution in [3.63, 3.8) is 0 Å². The molecule has 0 radical (unpaired) electrons. The van der Waals surface area contributed by atoms with Crippen molar-refractivity contribution in [1.82, 2.24) is 4.90 Å². The summed E-state index contributed by atoms with van der Waals surface area (Å²) in [6, 6.07) is 10.3. The number of nitrogens with zero attached hydrogens (tertiary/aromatic N) is 4. The number of carbonyl (C=O) groups excluding carboxylic acids is 1. The number of benzene rings is 2. The zero-order valence-electron chi connectivity index (χ0n) is 21.9. The van der Waals surface area contributed by atoms with Crippen molar-refractivity contribution >= 4 is 23.0 Å². The number of anilines is 2. The second kappa shape index (κ2) is 13.1. The third-order valence-corrected chi connectivity index (χ3v) is 7.45. The van der Waals surface area contributed by atoms with Crippen LogP contribution in [0.1, 0.15) is 48.8 Å². The summed E-state index contributed by atoms with van der Waals surface area (Å²) in [4.78, 5) is 27.1. The molecule has 1 N–H and O–H groups in total. The average molecular weight is 562 g/mol. The molecule has 0 aromatic heterocycles. The van der Waals surface area contributed by atoms with E-state index < -0.39 is 24.0 Å². The lowest BCUT2D eigenvalue weighted by atomic mass is 9.92.